The van der Waals surface area contributed by atoms with Gasteiger partial charge in [-0.05, 0) is 29.9 Å². The quantitative estimate of drug-likeness (QED) is 0.805. The molecule has 2 aromatic rings. The van der Waals surface area contributed by atoms with Gasteiger partial charge in [-0.3, -0.25) is 9.59 Å². The maximum Gasteiger partial charge on any atom is 0.259 e. The molecule has 88 valence electrons. The Morgan fingerprint density at radius 3 is 2.59 bits per heavy atom. The molecule has 2 rings (SSSR count). The van der Waals surface area contributed by atoms with Gasteiger partial charge in [-0.1, -0.05) is 32.0 Å². The summed E-state index contributed by atoms with van der Waals surface area (Å²) >= 11 is 0. The number of nitrogens with one attached hydrogen (secondary N) is 1. The van der Waals surface area contributed by atoms with Crippen LogP contribution in [0.3, 0.4) is 0 Å². The van der Waals surface area contributed by atoms with Crippen LogP contribution in [0, 0.1) is 0 Å². The molecule has 17 heavy (non-hydrogen) atoms. The van der Waals surface area contributed by atoms with E-state index < -0.39 is 0 Å². The fourth-order valence-corrected chi connectivity index (χ4v) is 2.00. The Morgan fingerprint density at radius 1 is 1.29 bits per heavy atom. The van der Waals surface area contributed by atoms with Crippen molar-refractivity contribution in [3.63, 3.8) is 0 Å². The van der Waals surface area contributed by atoms with Crippen molar-refractivity contribution in [2.24, 2.45) is 0 Å². The van der Waals surface area contributed by atoms with Gasteiger partial charge >= 0.3 is 0 Å². The van der Waals surface area contributed by atoms with Gasteiger partial charge in [-0.15, -0.1) is 0 Å². The molecule has 3 nitrogen and oxygen atoms in total. The minimum absolute atomic E-state index is 0.205. The maximum absolute atomic E-state index is 11.8. The summed E-state index contributed by atoms with van der Waals surface area (Å²) in [6.45, 7) is 5.56. The molecule has 0 bridgehead atoms. The van der Waals surface area contributed by atoms with E-state index in [0.29, 0.717) is 5.92 Å². The number of carbonyl (C=O) groups excluding carboxylic acids is 1. The number of fused-ring (bicyclic) bond motifs is 1. The van der Waals surface area contributed by atoms with Crippen LogP contribution >= 0.6 is 0 Å². The van der Waals surface area contributed by atoms with E-state index in [1.807, 2.05) is 18.2 Å². The Labute approximate surface area is 99.5 Å². The maximum atomic E-state index is 11.8. The van der Waals surface area contributed by atoms with Crippen molar-refractivity contribution in [2.45, 2.75) is 26.7 Å². The highest BCUT2D eigenvalue weighted by atomic mass is 16.1. The summed E-state index contributed by atoms with van der Waals surface area (Å²) in [5, 5.41) is 0.904. The topological polar surface area (TPSA) is 49.9 Å². The van der Waals surface area contributed by atoms with Gasteiger partial charge in [-0.25, -0.2) is 0 Å². The van der Waals surface area contributed by atoms with Crippen LogP contribution in [0.25, 0.3) is 10.9 Å². The van der Waals surface area contributed by atoms with Crippen molar-refractivity contribution in [2.75, 3.05) is 0 Å². The third kappa shape index (κ3) is 2.00. The molecule has 0 spiro atoms. The second-order valence-electron chi connectivity index (χ2n) is 4.53. The zero-order chi connectivity index (χ0) is 12.6. The average Bonchev–Trinajstić information content (AvgIpc) is 2.26. The Balaban J connectivity index is 2.83. The fourth-order valence-electron chi connectivity index (χ4n) is 2.00. The minimum atomic E-state index is -0.307. The van der Waals surface area contributed by atoms with Crippen LogP contribution in [-0.4, -0.2) is 10.8 Å². The lowest BCUT2D eigenvalue weighted by molar-refractivity contribution is 0.101. The highest BCUT2D eigenvalue weighted by Gasteiger charge is 2.10. The third-order valence-corrected chi connectivity index (χ3v) is 2.91. The summed E-state index contributed by atoms with van der Waals surface area (Å²) in [5.74, 6) is 0.126. The standard InChI is InChI=1S/C14H15NO2/c1-8(2)11-6-4-5-10-7-12(9(3)16)14(17)15-13(10)11/h4-8H,1-3H3,(H,15,17). The molecule has 0 amide bonds. The number of ketones is 1. The predicted molar refractivity (Wildman–Crippen MR) is 68.7 cm³/mol. The molecular weight excluding hydrogens is 214 g/mol. The zero-order valence-corrected chi connectivity index (χ0v) is 10.2. The number of pyridine rings is 1. The smallest absolute Gasteiger partial charge is 0.259 e. The van der Waals surface area contributed by atoms with Gasteiger partial charge in [-0.2, -0.15) is 0 Å². The number of para-hydroxylation sites is 1. The van der Waals surface area contributed by atoms with E-state index in [-0.39, 0.29) is 16.9 Å². The Bertz CT molecular complexity index is 638. The summed E-state index contributed by atoms with van der Waals surface area (Å²) in [6.07, 6.45) is 0. The molecule has 0 unspecified atom stereocenters. The minimum Gasteiger partial charge on any atom is -0.321 e. The van der Waals surface area contributed by atoms with Crippen LogP contribution in [0.5, 0.6) is 0 Å². The van der Waals surface area contributed by atoms with Gasteiger partial charge in [0.15, 0.2) is 5.78 Å². The van der Waals surface area contributed by atoms with E-state index >= 15 is 0 Å². The van der Waals surface area contributed by atoms with Crippen molar-refractivity contribution in [1.29, 1.82) is 0 Å². The number of hydrogen-bond acceptors (Lipinski definition) is 2. The molecule has 1 aromatic heterocycles. The molecule has 0 aliphatic rings. The lowest BCUT2D eigenvalue weighted by Crippen LogP contribution is -2.16. The lowest BCUT2D eigenvalue weighted by Gasteiger charge is -2.09. The predicted octanol–water partition coefficient (Wildman–Crippen LogP) is 2.85. The van der Waals surface area contributed by atoms with Crippen LogP contribution in [-0.2, 0) is 0 Å². The van der Waals surface area contributed by atoms with Crippen LogP contribution < -0.4 is 5.56 Å². The van der Waals surface area contributed by atoms with Gasteiger partial charge in [0.05, 0.1) is 11.1 Å². The number of carbonyl (C=O) groups is 1. The van der Waals surface area contributed by atoms with Gasteiger partial charge in [0.2, 0.25) is 0 Å². The van der Waals surface area contributed by atoms with E-state index in [4.69, 9.17) is 0 Å². The van der Waals surface area contributed by atoms with E-state index in [0.717, 1.165) is 16.5 Å². The molecule has 0 fully saturated rings. The van der Waals surface area contributed by atoms with Gasteiger partial charge in [0.25, 0.3) is 5.56 Å². The van der Waals surface area contributed by atoms with E-state index in [9.17, 15) is 9.59 Å². The Hall–Kier alpha value is -1.90. The average molecular weight is 229 g/mol. The second-order valence-corrected chi connectivity index (χ2v) is 4.53. The Morgan fingerprint density at radius 2 is 2.00 bits per heavy atom. The first kappa shape index (κ1) is 11.6. The summed E-state index contributed by atoms with van der Waals surface area (Å²) < 4.78 is 0. The van der Waals surface area contributed by atoms with E-state index in [1.165, 1.54) is 6.92 Å². The summed E-state index contributed by atoms with van der Waals surface area (Å²) in [4.78, 5) is 25.9. The number of aromatic amines is 1. The Kier molecular flexibility index (Phi) is 2.84. The monoisotopic (exact) mass is 229 g/mol. The van der Waals surface area contributed by atoms with Gasteiger partial charge < -0.3 is 4.98 Å². The molecule has 0 saturated heterocycles. The normalized spacial score (nSPS) is 11.1. The van der Waals surface area contributed by atoms with Gasteiger partial charge in [0.1, 0.15) is 0 Å². The molecule has 1 N–H and O–H groups in total. The molecule has 0 saturated carbocycles. The third-order valence-electron chi connectivity index (χ3n) is 2.91. The summed E-state index contributed by atoms with van der Waals surface area (Å²) in [6, 6.07) is 7.52. The van der Waals surface area contributed by atoms with Gasteiger partial charge in [0, 0.05) is 0 Å². The van der Waals surface area contributed by atoms with Crippen LogP contribution in [0.2, 0.25) is 0 Å². The SMILES string of the molecule is CC(=O)c1cc2cccc(C(C)C)c2[nH]c1=O. The van der Waals surface area contributed by atoms with Crippen molar-refractivity contribution >= 4 is 16.7 Å². The first-order chi connectivity index (χ1) is 8.00. The number of Topliss-reactive ketones (excluding diaryl/α,β-unsaturated/α-hetero) is 1. The first-order valence-electron chi connectivity index (χ1n) is 5.67. The van der Waals surface area contributed by atoms with Crippen LogP contribution in [0.1, 0.15) is 42.6 Å². The highest BCUT2D eigenvalue weighted by molar-refractivity contribution is 5.97. The van der Waals surface area contributed by atoms with Crippen LogP contribution in [0.4, 0.5) is 0 Å². The molecule has 0 aliphatic carbocycles. The number of benzene rings is 1. The fraction of sp³-hybridized carbons (Fsp3) is 0.286. The first-order valence-corrected chi connectivity index (χ1v) is 5.67. The van der Waals surface area contributed by atoms with Crippen molar-refractivity contribution < 1.29 is 4.79 Å². The molecule has 1 aromatic carbocycles. The number of aromatic nitrogens is 1. The highest BCUT2D eigenvalue weighted by Crippen LogP contribution is 2.23. The largest absolute Gasteiger partial charge is 0.321 e. The molecule has 0 aliphatic heterocycles. The van der Waals surface area contributed by atoms with Crippen molar-refractivity contribution in [3.8, 4) is 0 Å². The lowest BCUT2D eigenvalue weighted by atomic mass is 9.99. The number of rotatable bonds is 2. The summed E-state index contributed by atoms with van der Waals surface area (Å²) in [7, 11) is 0. The van der Waals surface area contributed by atoms with E-state index in [2.05, 4.69) is 18.8 Å². The van der Waals surface area contributed by atoms with Crippen LogP contribution in [0.15, 0.2) is 29.1 Å². The molecule has 0 radical (unpaired) electrons. The van der Waals surface area contributed by atoms with E-state index in [1.54, 1.807) is 6.07 Å². The molecular formula is C14H15NO2. The second kappa shape index (κ2) is 4.17. The van der Waals surface area contributed by atoms with Crippen molar-refractivity contribution in [3.05, 3.63) is 45.7 Å². The zero-order valence-electron chi connectivity index (χ0n) is 10.2. The number of H-pyrrole nitrogens is 1. The summed E-state index contributed by atoms with van der Waals surface area (Å²) in [5.41, 5.74) is 1.84. The number of hydrogen-bond donors (Lipinski definition) is 1. The van der Waals surface area contributed by atoms with Crippen molar-refractivity contribution in [1.82, 2.24) is 4.98 Å². The molecule has 1 heterocycles. The molecule has 3 heteroatoms. The molecule has 0 atom stereocenters.